The predicted octanol–water partition coefficient (Wildman–Crippen LogP) is 1.59. The van der Waals surface area contributed by atoms with Crippen molar-refractivity contribution in [3.05, 3.63) is 29.8 Å². The lowest BCUT2D eigenvalue weighted by Gasteiger charge is -2.34. The SMILES string of the molecule is CC1(CNc2ccc(C(N)=O)cc2)CCCNC1. The van der Waals surface area contributed by atoms with Crippen LogP contribution in [0.5, 0.6) is 0 Å². The Morgan fingerprint density at radius 1 is 1.44 bits per heavy atom. The van der Waals surface area contributed by atoms with Gasteiger partial charge in [0.1, 0.15) is 0 Å². The van der Waals surface area contributed by atoms with E-state index in [0.29, 0.717) is 11.0 Å². The number of anilines is 1. The van der Waals surface area contributed by atoms with Crippen LogP contribution in [-0.4, -0.2) is 25.5 Å². The number of rotatable bonds is 4. The second-order valence-corrected chi connectivity index (χ2v) is 5.39. The van der Waals surface area contributed by atoms with Crippen molar-refractivity contribution in [2.45, 2.75) is 19.8 Å². The molecule has 1 aliphatic rings. The fraction of sp³-hybridized carbons (Fsp3) is 0.500. The van der Waals surface area contributed by atoms with E-state index in [-0.39, 0.29) is 5.91 Å². The predicted molar refractivity (Wildman–Crippen MR) is 73.7 cm³/mol. The van der Waals surface area contributed by atoms with Crippen LogP contribution in [0.2, 0.25) is 0 Å². The first-order valence-corrected chi connectivity index (χ1v) is 6.44. The Kier molecular flexibility index (Phi) is 3.87. The van der Waals surface area contributed by atoms with E-state index in [2.05, 4.69) is 17.6 Å². The first-order valence-electron chi connectivity index (χ1n) is 6.44. The number of nitrogens with one attached hydrogen (secondary N) is 2. The van der Waals surface area contributed by atoms with E-state index < -0.39 is 0 Å². The second kappa shape index (κ2) is 5.40. The second-order valence-electron chi connectivity index (χ2n) is 5.39. The quantitative estimate of drug-likeness (QED) is 0.757. The molecule has 1 saturated heterocycles. The van der Waals surface area contributed by atoms with Crippen molar-refractivity contribution in [3.8, 4) is 0 Å². The molecule has 0 saturated carbocycles. The highest BCUT2D eigenvalue weighted by Crippen LogP contribution is 2.25. The summed E-state index contributed by atoms with van der Waals surface area (Å²) in [5, 5.41) is 6.86. The van der Waals surface area contributed by atoms with Crippen molar-refractivity contribution in [1.82, 2.24) is 5.32 Å². The van der Waals surface area contributed by atoms with Gasteiger partial charge in [-0.2, -0.15) is 0 Å². The third-order valence-corrected chi connectivity index (χ3v) is 3.57. The van der Waals surface area contributed by atoms with Crippen molar-refractivity contribution in [2.75, 3.05) is 25.0 Å². The summed E-state index contributed by atoms with van der Waals surface area (Å²) in [5.41, 5.74) is 7.10. The lowest BCUT2D eigenvalue weighted by Crippen LogP contribution is -2.42. The molecule has 1 atom stereocenters. The van der Waals surface area contributed by atoms with Crippen LogP contribution in [0.3, 0.4) is 0 Å². The number of primary amides is 1. The highest BCUT2D eigenvalue weighted by molar-refractivity contribution is 5.93. The van der Waals surface area contributed by atoms with Crippen molar-refractivity contribution in [2.24, 2.45) is 11.1 Å². The normalized spacial score (nSPS) is 23.6. The minimum atomic E-state index is -0.384. The van der Waals surface area contributed by atoms with E-state index in [1.54, 1.807) is 12.1 Å². The maximum absolute atomic E-state index is 11.0. The van der Waals surface area contributed by atoms with Gasteiger partial charge in [0.25, 0.3) is 0 Å². The Morgan fingerprint density at radius 3 is 2.72 bits per heavy atom. The van der Waals surface area contributed by atoms with Gasteiger partial charge in [-0.25, -0.2) is 0 Å². The van der Waals surface area contributed by atoms with Crippen LogP contribution in [0.4, 0.5) is 5.69 Å². The van der Waals surface area contributed by atoms with Crippen LogP contribution in [0.1, 0.15) is 30.1 Å². The summed E-state index contributed by atoms with van der Waals surface area (Å²) in [7, 11) is 0. The van der Waals surface area contributed by atoms with E-state index in [9.17, 15) is 4.79 Å². The zero-order chi connectivity index (χ0) is 13.0. The summed E-state index contributed by atoms with van der Waals surface area (Å²) in [6.45, 7) is 5.42. The first kappa shape index (κ1) is 12.9. The molecule has 0 radical (unpaired) electrons. The van der Waals surface area contributed by atoms with Crippen molar-refractivity contribution >= 4 is 11.6 Å². The number of carbonyl (C=O) groups excluding carboxylic acids is 1. The van der Waals surface area contributed by atoms with Crippen LogP contribution >= 0.6 is 0 Å². The van der Waals surface area contributed by atoms with E-state index in [4.69, 9.17) is 5.73 Å². The molecular formula is C14H21N3O. The molecule has 1 heterocycles. The van der Waals surface area contributed by atoms with Gasteiger partial charge in [-0.1, -0.05) is 6.92 Å². The first-order chi connectivity index (χ1) is 8.59. The number of benzene rings is 1. The molecule has 0 bridgehead atoms. The number of carbonyl (C=O) groups is 1. The summed E-state index contributed by atoms with van der Waals surface area (Å²) >= 11 is 0. The molecule has 18 heavy (non-hydrogen) atoms. The van der Waals surface area contributed by atoms with Crippen LogP contribution < -0.4 is 16.4 Å². The number of hydrogen-bond donors (Lipinski definition) is 3. The smallest absolute Gasteiger partial charge is 0.248 e. The van der Waals surface area contributed by atoms with Gasteiger partial charge in [0.15, 0.2) is 0 Å². The molecular weight excluding hydrogens is 226 g/mol. The van der Waals surface area contributed by atoms with Crippen molar-refractivity contribution in [3.63, 3.8) is 0 Å². The summed E-state index contributed by atoms with van der Waals surface area (Å²) < 4.78 is 0. The zero-order valence-electron chi connectivity index (χ0n) is 10.8. The zero-order valence-corrected chi connectivity index (χ0v) is 10.8. The van der Waals surface area contributed by atoms with Gasteiger partial charge >= 0.3 is 0 Å². The molecule has 4 nitrogen and oxygen atoms in total. The minimum Gasteiger partial charge on any atom is -0.384 e. The van der Waals surface area contributed by atoms with Gasteiger partial charge < -0.3 is 16.4 Å². The molecule has 1 aromatic rings. The molecule has 1 aliphatic heterocycles. The third-order valence-electron chi connectivity index (χ3n) is 3.57. The van der Waals surface area contributed by atoms with E-state index >= 15 is 0 Å². The van der Waals surface area contributed by atoms with Crippen molar-refractivity contribution < 1.29 is 4.79 Å². The third kappa shape index (κ3) is 3.23. The molecule has 1 fully saturated rings. The number of nitrogens with two attached hydrogens (primary N) is 1. The molecule has 4 heteroatoms. The van der Waals surface area contributed by atoms with Crippen molar-refractivity contribution in [1.29, 1.82) is 0 Å². The summed E-state index contributed by atoms with van der Waals surface area (Å²) in [6, 6.07) is 7.32. The van der Waals surface area contributed by atoms with Gasteiger partial charge in [-0.15, -0.1) is 0 Å². The van der Waals surface area contributed by atoms with Gasteiger partial charge in [-0.3, -0.25) is 4.79 Å². The number of hydrogen-bond acceptors (Lipinski definition) is 3. The van der Waals surface area contributed by atoms with Crippen LogP contribution in [-0.2, 0) is 0 Å². The fourth-order valence-electron chi connectivity index (χ4n) is 2.34. The van der Waals surface area contributed by atoms with Crippen LogP contribution in [0.15, 0.2) is 24.3 Å². The molecule has 0 spiro atoms. The monoisotopic (exact) mass is 247 g/mol. The van der Waals surface area contributed by atoms with E-state index in [0.717, 1.165) is 25.3 Å². The average molecular weight is 247 g/mol. The molecule has 1 aromatic carbocycles. The maximum atomic E-state index is 11.0. The molecule has 98 valence electrons. The fourth-order valence-corrected chi connectivity index (χ4v) is 2.34. The lowest BCUT2D eigenvalue weighted by atomic mass is 9.83. The molecule has 1 amide bonds. The maximum Gasteiger partial charge on any atom is 0.248 e. The van der Waals surface area contributed by atoms with Crippen LogP contribution in [0, 0.1) is 5.41 Å². The molecule has 2 rings (SSSR count). The minimum absolute atomic E-state index is 0.306. The number of amides is 1. The molecule has 4 N–H and O–H groups in total. The molecule has 1 unspecified atom stereocenters. The van der Waals surface area contributed by atoms with Crippen LogP contribution in [0.25, 0.3) is 0 Å². The number of piperidine rings is 1. The topological polar surface area (TPSA) is 67.1 Å². The Morgan fingerprint density at radius 2 is 2.17 bits per heavy atom. The summed E-state index contributed by atoms with van der Waals surface area (Å²) in [5.74, 6) is -0.384. The largest absolute Gasteiger partial charge is 0.384 e. The summed E-state index contributed by atoms with van der Waals surface area (Å²) in [4.78, 5) is 11.0. The Balaban J connectivity index is 1.91. The highest BCUT2D eigenvalue weighted by atomic mass is 16.1. The van der Waals surface area contributed by atoms with Gasteiger partial charge in [0, 0.05) is 24.3 Å². The van der Waals surface area contributed by atoms with Gasteiger partial charge in [0.05, 0.1) is 0 Å². The highest BCUT2D eigenvalue weighted by Gasteiger charge is 2.26. The molecule has 0 aliphatic carbocycles. The average Bonchev–Trinajstić information content (AvgIpc) is 2.38. The standard InChI is InChI=1S/C14H21N3O/c1-14(7-2-8-16-9-14)10-17-12-5-3-11(4-6-12)13(15)18/h3-6,16-17H,2,7-10H2,1H3,(H2,15,18). The van der Waals surface area contributed by atoms with E-state index in [1.165, 1.54) is 12.8 Å². The Bertz CT molecular complexity index is 408. The summed E-state index contributed by atoms with van der Waals surface area (Å²) in [6.07, 6.45) is 2.48. The lowest BCUT2D eigenvalue weighted by molar-refractivity contribution is 0.100. The van der Waals surface area contributed by atoms with Gasteiger partial charge in [0.2, 0.25) is 5.91 Å². The Hall–Kier alpha value is -1.55. The Labute approximate surface area is 108 Å². The van der Waals surface area contributed by atoms with E-state index in [1.807, 2.05) is 12.1 Å². The van der Waals surface area contributed by atoms with Gasteiger partial charge in [-0.05, 0) is 49.1 Å². The molecule has 0 aromatic heterocycles.